The molecule has 0 aromatic heterocycles. The van der Waals surface area contributed by atoms with Gasteiger partial charge in [0.25, 0.3) is 5.91 Å². The number of carbonyl (C=O) groups excluding carboxylic acids is 1. The predicted molar refractivity (Wildman–Crippen MR) is 92.2 cm³/mol. The third kappa shape index (κ3) is 3.43. The Balaban J connectivity index is 1.73. The molecule has 1 aliphatic heterocycles. The van der Waals surface area contributed by atoms with Crippen LogP contribution in [0.1, 0.15) is 15.9 Å². The number of sulfonamides is 1. The number of nitrogens with zero attached hydrogens (tertiary/aromatic N) is 2. The number of carbonyl (C=O) groups is 1. The van der Waals surface area contributed by atoms with E-state index in [9.17, 15) is 17.6 Å². The summed E-state index contributed by atoms with van der Waals surface area (Å²) in [6.07, 6.45) is 0. The van der Waals surface area contributed by atoms with Gasteiger partial charge < -0.3 is 4.90 Å². The Bertz CT molecular complexity index is 891. The molecule has 2 aromatic carbocycles. The van der Waals surface area contributed by atoms with Gasteiger partial charge in [0.2, 0.25) is 10.0 Å². The van der Waals surface area contributed by atoms with Gasteiger partial charge in [-0.15, -0.1) is 0 Å². The lowest BCUT2D eigenvalue weighted by atomic mass is 10.1. The van der Waals surface area contributed by atoms with Crippen LogP contribution < -0.4 is 0 Å². The second-order valence-electron chi connectivity index (χ2n) is 5.94. The van der Waals surface area contributed by atoms with Crippen molar-refractivity contribution in [3.05, 3.63) is 65.5 Å². The number of piperazine rings is 1. The van der Waals surface area contributed by atoms with E-state index in [0.29, 0.717) is 5.56 Å². The summed E-state index contributed by atoms with van der Waals surface area (Å²) < 4.78 is 40.7. The Morgan fingerprint density at radius 3 is 2.20 bits per heavy atom. The van der Waals surface area contributed by atoms with E-state index < -0.39 is 21.7 Å². The molecule has 132 valence electrons. The van der Waals surface area contributed by atoms with E-state index in [1.54, 1.807) is 37.3 Å². The Labute approximate surface area is 146 Å². The molecule has 25 heavy (non-hydrogen) atoms. The van der Waals surface area contributed by atoms with E-state index in [-0.39, 0.29) is 36.6 Å². The molecule has 0 N–H and O–H groups in total. The smallest absolute Gasteiger partial charge is 0.256 e. The minimum Gasteiger partial charge on any atom is -0.336 e. The summed E-state index contributed by atoms with van der Waals surface area (Å²) in [6, 6.07) is 12.6. The highest BCUT2D eigenvalue weighted by Crippen LogP contribution is 2.21. The van der Waals surface area contributed by atoms with Crippen LogP contribution in [-0.4, -0.2) is 49.7 Å². The van der Waals surface area contributed by atoms with Crippen molar-refractivity contribution < 1.29 is 17.6 Å². The fraction of sp³-hybridized carbons (Fsp3) is 0.278. The van der Waals surface area contributed by atoms with E-state index in [0.717, 1.165) is 0 Å². The molecule has 0 unspecified atom stereocenters. The van der Waals surface area contributed by atoms with Crippen molar-refractivity contribution in [1.82, 2.24) is 9.21 Å². The second kappa shape index (κ2) is 6.93. The van der Waals surface area contributed by atoms with Gasteiger partial charge in [0.1, 0.15) is 5.82 Å². The minimum absolute atomic E-state index is 0.0118. The van der Waals surface area contributed by atoms with Gasteiger partial charge in [0.15, 0.2) is 0 Å². The summed E-state index contributed by atoms with van der Waals surface area (Å²) >= 11 is 0. The normalized spacial score (nSPS) is 16.0. The summed E-state index contributed by atoms with van der Waals surface area (Å²) in [5.41, 5.74) is 0.699. The zero-order valence-electron chi connectivity index (χ0n) is 13.9. The number of hydrogen-bond acceptors (Lipinski definition) is 3. The monoisotopic (exact) mass is 362 g/mol. The maximum absolute atomic E-state index is 13.8. The second-order valence-corrected chi connectivity index (χ2v) is 7.85. The van der Waals surface area contributed by atoms with Crippen LogP contribution in [0.4, 0.5) is 4.39 Å². The quantitative estimate of drug-likeness (QED) is 0.842. The third-order valence-electron chi connectivity index (χ3n) is 4.34. The highest BCUT2D eigenvalue weighted by atomic mass is 32.2. The van der Waals surface area contributed by atoms with Gasteiger partial charge in [0.05, 0.1) is 10.5 Å². The molecule has 2 aromatic rings. The molecule has 5 nitrogen and oxygen atoms in total. The minimum atomic E-state index is -3.59. The van der Waals surface area contributed by atoms with E-state index in [4.69, 9.17) is 0 Å². The van der Waals surface area contributed by atoms with Gasteiger partial charge in [0, 0.05) is 26.2 Å². The molecule has 1 heterocycles. The molecule has 0 aliphatic carbocycles. The van der Waals surface area contributed by atoms with Crippen LogP contribution in [-0.2, 0) is 10.0 Å². The summed E-state index contributed by atoms with van der Waals surface area (Å²) in [5, 5.41) is 0. The first-order chi connectivity index (χ1) is 11.9. The van der Waals surface area contributed by atoms with Crippen molar-refractivity contribution in [2.24, 2.45) is 0 Å². The van der Waals surface area contributed by atoms with Crippen molar-refractivity contribution in [3.8, 4) is 0 Å². The molecule has 0 spiro atoms. The van der Waals surface area contributed by atoms with Crippen LogP contribution in [0.3, 0.4) is 0 Å². The van der Waals surface area contributed by atoms with Crippen LogP contribution in [0, 0.1) is 12.7 Å². The van der Waals surface area contributed by atoms with Crippen molar-refractivity contribution >= 4 is 15.9 Å². The summed E-state index contributed by atoms with van der Waals surface area (Å²) in [4.78, 5) is 14.2. The molecule has 1 fully saturated rings. The Hall–Kier alpha value is -2.25. The van der Waals surface area contributed by atoms with Crippen molar-refractivity contribution in [2.75, 3.05) is 26.2 Å². The van der Waals surface area contributed by atoms with E-state index >= 15 is 0 Å². The van der Waals surface area contributed by atoms with E-state index in [1.807, 2.05) is 0 Å². The first-order valence-electron chi connectivity index (χ1n) is 8.01. The molecule has 0 radical (unpaired) electrons. The molecule has 0 bridgehead atoms. The highest BCUT2D eigenvalue weighted by molar-refractivity contribution is 7.89. The maximum atomic E-state index is 13.8. The molecule has 1 aliphatic rings. The number of halogens is 1. The summed E-state index contributed by atoms with van der Waals surface area (Å²) in [6.45, 7) is 2.61. The molecule has 3 rings (SSSR count). The number of hydrogen-bond donors (Lipinski definition) is 0. The summed E-state index contributed by atoms with van der Waals surface area (Å²) in [7, 11) is -3.59. The largest absolute Gasteiger partial charge is 0.336 e. The zero-order valence-corrected chi connectivity index (χ0v) is 14.7. The van der Waals surface area contributed by atoms with Crippen LogP contribution in [0.5, 0.6) is 0 Å². The predicted octanol–water partition coefficient (Wildman–Crippen LogP) is 2.28. The molecular weight excluding hydrogens is 343 g/mol. The van der Waals surface area contributed by atoms with Gasteiger partial charge in [-0.25, -0.2) is 12.8 Å². The van der Waals surface area contributed by atoms with Crippen molar-refractivity contribution in [3.63, 3.8) is 0 Å². The Morgan fingerprint density at radius 2 is 1.56 bits per heavy atom. The van der Waals surface area contributed by atoms with Gasteiger partial charge in [-0.05, 0) is 30.7 Å². The fourth-order valence-electron chi connectivity index (χ4n) is 2.92. The van der Waals surface area contributed by atoms with Gasteiger partial charge >= 0.3 is 0 Å². The Kier molecular flexibility index (Phi) is 4.87. The number of benzene rings is 2. The highest BCUT2D eigenvalue weighted by Gasteiger charge is 2.31. The molecule has 0 saturated carbocycles. The van der Waals surface area contributed by atoms with E-state index in [1.165, 1.54) is 27.4 Å². The third-order valence-corrected chi connectivity index (χ3v) is 6.40. The van der Waals surface area contributed by atoms with E-state index in [2.05, 4.69) is 0 Å². The van der Waals surface area contributed by atoms with Crippen molar-refractivity contribution in [2.45, 2.75) is 11.8 Å². The lowest BCUT2D eigenvalue weighted by Gasteiger charge is -2.34. The van der Waals surface area contributed by atoms with Crippen LogP contribution in [0.25, 0.3) is 0 Å². The molecule has 1 amide bonds. The number of aryl methyl sites for hydroxylation is 1. The number of amides is 1. The molecule has 0 atom stereocenters. The first kappa shape index (κ1) is 17.6. The average Bonchev–Trinajstić information content (AvgIpc) is 2.62. The lowest BCUT2D eigenvalue weighted by Crippen LogP contribution is -2.50. The van der Waals surface area contributed by atoms with Crippen LogP contribution >= 0.6 is 0 Å². The Morgan fingerprint density at radius 1 is 0.960 bits per heavy atom. The topological polar surface area (TPSA) is 57.7 Å². The maximum Gasteiger partial charge on any atom is 0.256 e. The van der Waals surface area contributed by atoms with Gasteiger partial charge in [-0.3, -0.25) is 4.79 Å². The molecule has 1 saturated heterocycles. The van der Waals surface area contributed by atoms with Crippen LogP contribution in [0.15, 0.2) is 53.4 Å². The average molecular weight is 362 g/mol. The van der Waals surface area contributed by atoms with Gasteiger partial charge in [-0.2, -0.15) is 4.31 Å². The summed E-state index contributed by atoms with van der Waals surface area (Å²) in [5.74, 6) is -0.978. The van der Waals surface area contributed by atoms with Crippen LogP contribution in [0.2, 0.25) is 0 Å². The number of rotatable bonds is 3. The molecule has 7 heteroatoms. The van der Waals surface area contributed by atoms with Crippen molar-refractivity contribution in [1.29, 1.82) is 0 Å². The zero-order chi connectivity index (χ0) is 18.0. The first-order valence-corrected chi connectivity index (χ1v) is 9.45. The molecular formula is C18H19FN2O3S. The SMILES string of the molecule is Cc1ccccc1S(=O)(=O)N1CCN(C(=O)c2ccccc2F)CC1. The lowest BCUT2D eigenvalue weighted by molar-refractivity contribution is 0.0693. The van der Waals surface area contributed by atoms with Gasteiger partial charge in [-0.1, -0.05) is 30.3 Å². The standard InChI is InChI=1S/C18H19FN2O3S/c1-14-6-2-5-9-17(14)25(23,24)21-12-10-20(11-13-21)18(22)15-7-3-4-8-16(15)19/h2-9H,10-13H2,1H3. The fourth-order valence-corrected chi connectivity index (χ4v) is 4.57.